The lowest BCUT2D eigenvalue weighted by Crippen LogP contribution is -2.47. The fourth-order valence-corrected chi connectivity index (χ4v) is 2.79. The van der Waals surface area contributed by atoms with Crippen molar-refractivity contribution in [2.45, 2.75) is 12.6 Å². The number of carbonyl (C=O) groups excluding carboxylic acids is 1. The zero-order valence-corrected chi connectivity index (χ0v) is 12.7. The highest BCUT2D eigenvalue weighted by Gasteiger charge is 2.29. The van der Waals surface area contributed by atoms with Crippen molar-refractivity contribution in [1.29, 1.82) is 0 Å². The van der Waals surface area contributed by atoms with E-state index in [2.05, 4.69) is 19.4 Å². The van der Waals surface area contributed by atoms with Crippen LogP contribution in [0.15, 0.2) is 12.4 Å². The highest BCUT2D eigenvalue weighted by Crippen LogP contribution is 2.23. The predicted molar refractivity (Wildman–Crippen MR) is 79.3 cm³/mol. The summed E-state index contributed by atoms with van der Waals surface area (Å²) in [5.41, 5.74) is 5.67. The fourth-order valence-electron chi connectivity index (χ4n) is 2.19. The highest BCUT2D eigenvalue weighted by atomic mass is 32.1. The van der Waals surface area contributed by atoms with Crippen LogP contribution in [0, 0.1) is 0 Å². The topological polar surface area (TPSA) is 93.2 Å². The Morgan fingerprint density at radius 2 is 2.29 bits per heavy atom. The third-order valence-electron chi connectivity index (χ3n) is 3.40. The summed E-state index contributed by atoms with van der Waals surface area (Å²) in [6, 6.07) is 0.282. The zero-order chi connectivity index (χ0) is 15.0. The maximum absolute atomic E-state index is 11.0. The van der Waals surface area contributed by atoms with Gasteiger partial charge in [-0.2, -0.15) is 9.47 Å². The Balaban J connectivity index is 1.54. The van der Waals surface area contributed by atoms with E-state index in [1.165, 1.54) is 17.7 Å². The van der Waals surface area contributed by atoms with Crippen LogP contribution in [-0.4, -0.2) is 57.1 Å². The van der Waals surface area contributed by atoms with Crippen LogP contribution in [0.1, 0.15) is 22.2 Å². The summed E-state index contributed by atoms with van der Waals surface area (Å²) >= 11 is 1.41. The van der Waals surface area contributed by atoms with Crippen molar-refractivity contribution in [3.05, 3.63) is 23.8 Å². The average Bonchev–Trinajstić information content (AvgIpc) is 3.02. The van der Waals surface area contributed by atoms with Gasteiger partial charge in [-0.05, 0) is 0 Å². The Morgan fingerprint density at radius 1 is 1.52 bits per heavy atom. The number of nitrogens with two attached hydrogens (primary N) is 1. The maximum Gasteiger partial charge on any atom is 0.251 e. The minimum absolute atomic E-state index is 0.282. The largest absolute Gasteiger partial charge is 0.366 e. The molecule has 0 unspecified atom stereocenters. The molecule has 21 heavy (non-hydrogen) atoms. The SMILES string of the molecule is CN(C)c1nc(CN2CC(n3cc(C(N)=O)cn3)C2)ns1. The second kappa shape index (κ2) is 5.41. The van der Waals surface area contributed by atoms with E-state index in [9.17, 15) is 4.79 Å². The molecule has 9 heteroatoms. The Kier molecular flexibility index (Phi) is 3.60. The van der Waals surface area contributed by atoms with E-state index in [1.807, 2.05) is 19.0 Å². The second-order valence-corrected chi connectivity index (χ2v) is 6.04. The standard InChI is InChI=1S/C12H17N7OS/c1-17(2)12-15-10(16-21-12)7-18-5-9(6-18)19-4-8(3-14-19)11(13)20/h3-4,9H,5-7H2,1-2H3,(H2,13,20). The number of amides is 1. The van der Waals surface area contributed by atoms with Crippen molar-refractivity contribution < 1.29 is 4.79 Å². The van der Waals surface area contributed by atoms with Crippen molar-refractivity contribution in [2.24, 2.45) is 5.73 Å². The molecule has 112 valence electrons. The lowest BCUT2D eigenvalue weighted by atomic mass is 10.1. The quantitative estimate of drug-likeness (QED) is 0.833. The summed E-state index contributed by atoms with van der Waals surface area (Å²) in [5, 5.41) is 5.10. The average molecular weight is 307 g/mol. The van der Waals surface area contributed by atoms with Crippen LogP contribution in [0.25, 0.3) is 0 Å². The summed E-state index contributed by atoms with van der Waals surface area (Å²) in [4.78, 5) is 19.7. The molecular formula is C12H17N7OS. The minimum Gasteiger partial charge on any atom is -0.366 e. The lowest BCUT2D eigenvalue weighted by molar-refractivity contribution is 0.0883. The van der Waals surface area contributed by atoms with Gasteiger partial charge in [0.05, 0.1) is 24.3 Å². The van der Waals surface area contributed by atoms with Crippen molar-refractivity contribution in [2.75, 3.05) is 32.1 Å². The molecule has 0 atom stereocenters. The minimum atomic E-state index is -0.444. The summed E-state index contributed by atoms with van der Waals surface area (Å²) in [6.07, 6.45) is 3.21. The monoisotopic (exact) mass is 307 g/mol. The Labute approximate surface area is 126 Å². The molecule has 1 aliphatic heterocycles. The molecule has 3 heterocycles. The Bertz CT molecular complexity index is 644. The molecule has 0 spiro atoms. The van der Waals surface area contributed by atoms with Crippen LogP contribution in [0.3, 0.4) is 0 Å². The first kappa shape index (κ1) is 14.0. The van der Waals surface area contributed by atoms with Gasteiger partial charge < -0.3 is 10.6 Å². The molecule has 0 radical (unpaired) electrons. The maximum atomic E-state index is 11.0. The number of hydrogen-bond acceptors (Lipinski definition) is 7. The van der Waals surface area contributed by atoms with E-state index in [1.54, 1.807) is 10.9 Å². The summed E-state index contributed by atoms with van der Waals surface area (Å²) < 4.78 is 6.15. The smallest absolute Gasteiger partial charge is 0.251 e. The molecule has 1 fully saturated rings. The Hall–Kier alpha value is -2.00. The van der Waals surface area contributed by atoms with E-state index >= 15 is 0 Å². The van der Waals surface area contributed by atoms with Crippen molar-refractivity contribution in [3.8, 4) is 0 Å². The highest BCUT2D eigenvalue weighted by molar-refractivity contribution is 7.09. The lowest BCUT2D eigenvalue weighted by Gasteiger charge is -2.38. The summed E-state index contributed by atoms with van der Waals surface area (Å²) in [5.74, 6) is 0.403. The van der Waals surface area contributed by atoms with Crippen molar-refractivity contribution >= 4 is 22.6 Å². The van der Waals surface area contributed by atoms with Crippen LogP contribution in [0.2, 0.25) is 0 Å². The van der Waals surface area contributed by atoms with Crippen LogP contribution in [0.4, 0.5) is 5.13 Å². The number of rotatable bonds is 5. The molecule has 0 bridgehead atoms. The molecule has 0 saturated carbocycles. The molecular weight excluding hydrogens is 290 g/mol. The number of hydrogen-bond donors (Lipinski definition) is 1. The molecule has 2 aromatic rings. The van der Waals surface area contributed by atoms with Gasteiger partial charge in [0.25, 0.3) is 5.91 Å². The van der Waals surface area contributed by atoms with E-state index in [0.717, 1.165) is 30.6 Å². The van der Waals surface area contributed by atoms with Gasteiger partial charge in [-0.1, -0.05) is 0 Å². The van der Waals surface area contributed by atoms with Gasteiger partial charge in [0.1, 0.15) is 0 Å². The normalized spacial score (nSPS) is 15.9. The number of aromatic nitrogens is 4. The van der Waals surface area contributed by atoms with Gasteiger partial charge in [-0.25, -0.2) is 4.98 Å². The second-order valence-electron chi connectivity index (χ2n) is 5.31. The number of primary amides is 1. The first-order valence-corrected chi connectivity index (χ1v) is 7.36. The third-order valence-corrected chi connectivity index (χ3v) is 4.32. The molecule has 3 rings (SSSR count). The van der Waals surface area contributed by atoms with Gasteiger partial charge in [-0.15, -0.1) is 0 Å². The third kappa shape index (κ3) is 2.88. The molecule has 1 saturated heterocycles. The number of likely N-dealkylation sites (tertiary alicyclic amines) is 1. The van der Waals surface area contributed by atoms with Crippen LogP contribution >= 0.6 is 11.5 Å². The summed E-state index contributed by atoms with van der Waals surface area (Å²) in [7, 11) is 3.91. The number of carbonyl (C=O) groups is 1. The molecule has 0 aliphatic carbocycles. The molecule has 1 amide bonds. The van der Waals surface area contributed by atoms with E-state index < -0.39 is 5.91 Å². The van der Waals surface area contributed by atoms with E-state index in [4.69, 9.17) is 5.73 Å². The number of nitrogens with zero attached hydrogens (tertiary/aromatic N) is 6. The zero-order valence-electron chi connectivity index (χ0n) is 11.9. The Morgan fingerprint density at radius 3 is 2.86 bits per heavy atom. The first-order valence-electron chi connectivity index (χ1n) is 6.59. The van der Waals surface area contributed by atoms with Crippen LogP contribution in [0.5, 0.6) is 0 Å². The van der Waals surface area contributed by atoms with Crippen molar-refractivity contribution in [3.63, 3.8) is 0 Å². The van der Waals surface area contributed by atoms with Crippen LogP contribution < -0.4 is 10.6 Å². The molecule has 2 aromatic heterocycles. The number of anilines is 1. The van der Waals surface area contributed by atoms with Crippen LogP contribution in [-0.2, 0) is 6.54 Å². The van der Waals surface area contributed by atoms with Gasteiger partial charge in [0.15, 0.2) is 5.82 Å². The van der Waals surface area contributed by atoms with Gasteiger partial charge in [0, 0.05) is 44.9 Å². The van der Waals surface area contributed by atoms with Crippen molar-refractivity contribution in [1.82, 2.24) is 24.0 Å². The molecule has 1 aliphatic rings. The van der Waals surface area contributed by atoms with E-state index in [0.29, 0.717) is 5.56 Å². The first-order chi connectivity index (χ1) is 10.0. The molecule has 0 aromatic carbocycles. The predicted octanol–water partition coefficient (Wildman–Crippen LogP) is -0.0436. The van der Waals surface area contributed by atoms with Gasteiger partial charge >= 0.3 is 0 Å². The summed E-state index contributed by atoms with van der Waals surface area (Å²) in [6.45, 7) is 2.48. The molecule has 8 nitrogen and oxygen atoms in total. The van der Waals surface area contributed by atoms with Gasteiger partial charge in [-0.3, -0.25) is 14.4 Å². The molecule has 2 N–H and O–H groups in total. The van der Waals surface area contributed by atoms with Gasteiger partial charge in [0.2, 0.25) is 5.13 Å². The van der Waals surface area contributed by atoms with E-state index in [-0.39, 0.29) is 6.04 Å². The fraction of sp³-hybridized carbons (Fsp3) is 0.500.